The van der Waals surface area contributed by atoms with Gasteiger partial charge >= 0.3 is 0 Å². The molecule has 0 aromatic heterocycles. The van der Waals surface area contributed by atoms with Gasteiger partial charge in [0.15, 0.2) is 0 Å². The molecule has 7 N–H and O–H groups in total. The smallest absolute Gasteiger partial charge is 0.264 e. The maximum atomic E-state index is 13.4. The summed E-state index contributed by atoms with van der Waals surface area (Å²) in [6.45, 7) is 23.9. The molecule has 16 heteroatoms. The van der Waals surface area contributed by atoms with Crippen molar-refractivity contribution in [1.29, 1.82) is 0 Å². The van der Waals surface area contributed by atoms with Gasteiger partial charge < -0.3 is 11.6 Å². The first-order valence-electron chi connectivity index (χ1n) is 17.0. The van der Waals surface area contributed by atoms with Crippen molar-refractivity contribution in [3.63, 3.8) is 0 Å². The number of benzene rings is 4. The van der Waals surface area contributed by atoms with Crippen molar-refractivity contribution in [2.24, 2.45) is 5.14 Å². The fourth-order valence-electron chi connectivity index (χ4n) is 4.47. The number of thiol groups is 1. The predicted molar refractivity (Wildman–Crippen MR) is 232 cm³/mol. The van der Waals surface area contributed by atoms with Gasteiger partial charge in [-0.1, -0.05) is 107 Å². The molecule has 57 heavy (non-hydrogen) atoms. The van der Waals surface area contributed by atoms with Crippen LogP contribution in [0.25, 0.3) is 0 Å². The Morgan fingerprint density at radius 1 is 0.544 bits per heavy atom. The molecule has 0 atom stereocenters. The molecule has 0 aliphatic carbocycles. The number of primary sulfonamides is 1. The van der Waals surface area contributed by atoms with E-state index in [1.807, 2.05) is 66.0 Å². The van der Waals surface area contributed by atoms with Crippen LogP contribution in [0.5, 0.6) is 0 Å². The van der Waals surface area contributed by atoms with Gasteiger partial charge in [0.1, 0.15) is 33.1 Å². The molecule has 7 nitrogen and oxygen atoms in total. The monoisotopic (exact) mass is 898 g/mol. The summed E-state index contributed by atoms with van der Waals surface area (Å²) in [6, 6.07) is 18.6. The number of halogens is 5. The molecule has 0 saturated heterocycles. The minimum absolute atomic E-state index is 0. The van der Waals surface area contributed by atoms with E-state index in [0.29, 0.717) is 9.79 Å². The summed E-state index contributed by atoms with van der Waals surface area (Å²) < 4.78 is 97.0. The van der Waals surface area contributed by atoms with Crippen LogP contribution >= 0.6 is 35.1 Å². The largest absolute Gasteiger partial charge is 0.412 e. The summed E-state index contributed by atoms with van der Waals surface area (Å²) in [5.74, 6) is -1.96. The maximum absolute atomic E-state index is 13.4. The standard InChI is InChI=1S/C11H15FS.C10H12ClFO2S.C10H14FNO2S.C10H13FS.H3N.H2O/c1-11(2,3)8-5-6-10(13-4)9(12)7-8;1-10(2,3)7-4-5-9(8(12)6-7)15(11,13)14;1-10(2,3)7-4-5-9(8(11)6-7)15(12,13)14;1-10(2,3)7-4-5-9(12)8(11)6-7;;/h5-7H,1-4H3;4-6H,1-3H3;4-6H,1-3H3,(H2,12,13,14);4-6,12H,1-3H3;1H3;1H2. The molecule has 0 fully saturated rings. The Morgan fingerprint density at radius 3 is 1.11 bits per heavy atom. The topological polar surface area (TPSA) is 161 Å². The van der Waals surface area contributed by atoms with Crippen LogP contribution < -0.4 is 11.3 Å². The van der Waals surface area contributed by atoms with Crippen molar-refractivity contribution in [2.75, 3.05) is 6.26 Å². The van der Waals surface area contributed by atoms with Crippen LogP contribution in [0.3, 0.4) is 0 Å². The molecule has 0 aliphatic rings. The molecule has 0 unspecified atom stereocenters. The average molecular weight is 900 g/mol. The van der Waals surface area contributed by atoms with Crippen LogP contribution in [-0.4, -0.2) is 28.6 Å². The van der Waals surface area contributed by atoms with Gasteiger partial charge in [-0.3, -0.25) is 0 Å². The molecule has 322 valence electrons. The highest BCUT2D eigenvalue weighted by Crippen LogP contribution is 2.29. The second-order valence-electron chi connectivity index (χ2n) is 16.8. The number of hydrogen-bond acceptors (Lipinski definition) is 7. The van der Waals surface area contributed by atoms with E-state index in [2.05, 4.69) is 54.2 Å². The lowest BCUT2D eigenvalue weighted by atomic mass is 9.87. The van der Waals surface area contributed by atoms with E-state index in [1.54, 1.807) is 30.3 Å². The Morgan fingerprint density at radius 2 is 0.842 bits per heavy atom. The van der Waals surface area contributed by atoms with Crippen LogP contribution in [-0.2, 0) is 40.7 Å². The van der Waals surface area contributed by atoms with Crippen LogP contribution in [0, 0.1) is 23.3 Å². The Kier molecular flexibility index (Phi) is 21.4. The second kappa shape index (κ2) is 21.6. The van der Waals surface area contributed by atoms with E-state index in [-0.39, 0.29) is 44.9 Å². The molecule has 0 amide bonds. The van der Waals surface area contributed by atoms with Crippen molar-refractivity contribution >= 4 is 54.1 Å². The predicted octanol–water partition coefficient (Wildman–Crippen LogP) is 11.4. The zero-order valence-electron chi connectivity index (χ0n) is 34.9. The molecule has 0 spiro atoms. The SMILES string of the molecule is CC(C)(C)c1ccc(S(=O)(=O)Cl)c(F)c1.CC(C)(C)c1ccc(S(N)(=O)=O)c(F)c1.CC(C)(C)c1ccc(S)c(F)c1.CSc1ccc(C(C)(C)C)cc1F.N.O. The van der Waals surface area contributed by atoms with Gasteiger partial charge in [-0.25, -0.2) is 39.5 Å². The molecule has 0 radical (unpaired) electrons. The van der Waals surface area contributed by atoms with Crippen LogP contribution in [0.2, 0.25) is 0 Å². The lowest BCUT2D eigenvalue weighted by Crippen LogP contribution is -2.16. The summed E-state index contributed by atoms with van der Waals surface area (Å²) >= 11 is 5.41. The normalized spacial score (nSPS) is 11.9. The minimum Gasteiger partial charge on any atom is -0.412 e. The van der Waals surface area contributed by atoms with E-state index in [0.717, 1.165) is 22.3 Å². The number of thioether (sulfide) groups is 1. The van der Waals surface area contributed by atoms with Gasteiger partial charge in [0.2, 0.25) is 10.0 Å². The number of nitrogens with two attached hydrogens (primary N) is 1. The molecule has 0 bridgehead atoms. The minimum atomic E-state index is -4.00. The lowest BCUT2D eigenvalue weighted by Gasteiger charge is -2.19. The van der Waals surface area contributed by atoms with E-state index >= 15 is 0 Å². The summed E-state index contributed by atoms with van der Waals surface area (Å²) in [5.41, 5.74) is 3.07. The average Bonchev–Trinajstić information content (AvgIpc) is 3.00. The van der Waals surface area contributed by atoms with Gasteiger partial charge in [0, 0.05) is 20.5 Å². The van der Waals surface area contributed by atoms with E-state index < -0.39 is 40.5 Å². The lowest BCUT2D eigenvalue weighted by molar-refractivity contribution is 0.549. The molecule has 0 aliphatic heterocycles. The Labute approximate surface area is 352 Å². The fourth-order valence-corrected chi connectivity index (χ4v) is 6.55. The van der Waals surface area contributed by atoms with E-state index in [9.17, 15) is 34.4 Å². The highest BCUT2D eigenvalue weighted by atomic mass is 35.7. The van der Waals surface area contributed by atoms with Crippen LogP contribution in [0.1, 0.15) is 105 Å². The van der Waals surface area contributed by atoms with Gasteiger partial charge in [-0.2, -0.15) is 0 Å². The summed E-state index contributed by atoms with van der Waals surface area (Å²) in [4.78, 5) is 0.184. The van der Waals surface area contributed by atoms with Gasteiger partial charge in [-0.05, 0) is 98.7 Å². The first-order chi connectivity index (χ1) is 24.6. The molecule has 0 heterocycles. The van der Waals surface area contributed by atoms with Crippen LogP contribution in [0.4, 0.5) is 17.6 Å². The Bertz CT molecular complexity index is 2070. The number of hydrogen-bond donors (Lipinski definition) is 3. The highest BCUT2D eigenvalue weighted by Gasteiger charge is 2.22. The molecule has 4 rings (SSSR count). The molecule has 4 aromatic carbocycles. The van der Waals surface area contributed by atoms with Gasteiger partial charge in [0.25, 0.3) is 9.05 Å². The molecular formula is C41H59ClF4N2O5S4. The summed E-state index contributed by atoms with van der Waals surface area (Å²) in [7, 11) is -2.91. The number of sulfonamides is 1. The third-order valence-corrected chi connectivity index (χ3v) is 11.4. The van der Waals surface area contributed by atoms with Crippen molar-refractivity contribution in [3.05, 3.63) is 118 Å². The highest BCUT2D eigenvalue weighted by molar-refractivity contribution is 8.13. The van der Waals surface area contributed by atoms with Gasteiger partial charge in [-0.15, -0.1) is 24.4 Å². The third-order valence-electron chi connectivity index (χ3n) is 8.00. The van der Waals surface area contributed by atoms with Crippen molar-refractivity contribution in [3.8, 4) is 0 Å². The van der Waals surface area contributed by atoms with E-state index in [1.165, 1.54) is 36.0 Å². The van der Waals surface area contributed by atoms with Crippen molar-refractivity contribution in [1.82, 2.24) is 6.15 Å². The Hall–Kier alpha value is -2.63. The summed E-state index contributed by atoms with van der Waals surface area (Å²) in [6.07, 6.45) is 1.88. The van der Waals surface area contributed by atoms with Gasteiger partial charge in [0.05, 0.1) is 0 Å². The maximum Gasteiger partial charge on any atom is 0.264 e. The third kappa shape index (κ3) is 18.4. The zero-order valence-corrected chi connectivity index (χ0v) is 39.0. The first-order valence-corrected chi connectivity index (χ1v) is 22.5. The number of rotatable bonds is 3. The second-order valence-corrected chi connectivity index (χ2v) is 22.2. The quantitative estimate of drug-likeness (QED) is 0.0803. The fraction of sp³-hybridized carbons (Fsp3) is 0.415. The van der Waals surface area contributed by atoms with Crippen LogP contribution in [0.15, 0.2) is 92.4 Å². The molecule has 0 saturated carbocycles. The zero-order chi connectivity index (χ0) is 43.1. The molecular weight excluding hydrogens is 840 g/mol. The first kappa shape index (κ1) is 56.5. The van der Waals surface area contributed by atoms with Crippen molar-refractivity contribution in [2.45, 2.75) is 124 Å². The van der Waals surface area contributed by atoms with E-state index in [4.69, 9.17) is 15.8 Å². The Balaban J connectivity index is 0. The summed E-state index contributed by atoms with van der Waals surface area (Å²) in [5, 5.41) is 4.85. The molecule has 4 aromatic rings. The van der Waals surface area contributed by atoms with Crippen molar-refractivity contribution < 1.29 is 39.9 Å².